The molecule has 14 nitrogen and oxygen atoms in total. The van der Waals surface area contributed by atoms with Gasteiger partial charge in [0.15, 0.2) is 23.6 Å². The first-order valence-corrected chi connectivity index (χ1v) is 17.1. The van der Waals surface area contributed by atoms with Crippen LogP contribution in [-0.4, -0.2) is 74.4 Å². The standard InChI is InChI=1S/C35H37FN5O9P/c1-20(2)31(42)39-34-38-30-28(32(43)40-34)37-19-41(30)33-29(50-51(44)45)27(36)26(49-33)18-48-35(21-8-6-5-7-9-21,22-10-14-24(46-3)15-11-22)23-12-16-25(47-4)17-13-23/h5-17,19-20,26-27,29,33,44-45H,18H2,1-4H3,(H2,38,39,40,42,43)/t26-,27+,29+,33-/m1/s1. The minimum atomic E-state index is -3.05. The molecular weight excluding hydrogens is 684 g/mol. The Morgan fingerprint density at radius 1 is 1.00 bits per heavy atom. The zero-order valence-electron chi connectivity index (χ0n) is 28.1. The van der Waals surface area contributed by atoms with E-state index >= 15 is 4.39 Å². The number of nitrogens with zero attached hydrogens (tertiary/aromatic N) is 3. The molecule has 1 fully saturated rings. The highest BCUT2D eigenvalue weighted by Crippen LogP contribution is 2.45. The SMILES string of the molecule is COc1ccc(C(OC[C@H]2O[C@@H](n3cnc4c(=O)[nH]c(NC(=O)C(C)C)nc43)[C@@H](OP(O)O)[C@H]2F)(c2ccccc2)c2ccc(OC)cc2)cc1. The Bertz CT molecular complexity index is 1960. The van der Waals surface area contributed by atoms with Crippen LogP contribution in [-0.2, 0) is 24.4 Å². The summed E-state index contributed by atoms with van der Waals surface area (Å²) < 4.78 is 46.9. The normalized spacial score (nSPS) is 19.2. The van der Waals surface area contributed by atoms with Crippen LogP contribution in [0.1, 0.15) is 36.8 Å². The summed E-state index contributed by atoms with van der Waals surface area (Å²) in [4.78, 5) is 55.9. The van der Waals surface area contributed by atoms with Crippen molar-refractivity contribution in [1.82, 2.24) is 19.5 Å². The first kappa shape index (κ1) is 36.0. The summed E-state index contributed by atoms with van der Waals surface area (Å²) >= 11 is 0. The van der Waals surface area contributed by atoms with Crippen LogP contribution in [0.4, 0.5) is 10.3 Å². The van der Waals surface area contributed by atoms with Gasteiger partial charge in [0, 0.05) is 5.92 Å². The quantitative estimate of drug-likeness (QED) is 0.0989. The van der Waals surface area contributed by atoms with Gasteiger partial charge in [0.05, 0.1) is 27.2 Å². The van der Waals surface area contributed by atoms with E-state index in [0.29, 0.717) is 22.6 Å². The van der Waals surface area contributed by atoms with Crippen LogP contribution in [0.3, 0.4) is 0 Å². The second kappa shape index (κ2) is 15.2. The number of methoxy groups -OCH3 is 2. The number of H-pyrrole nitrogens is 1. The molecule has 1 aliphatic rings. The van der Waals surface area contributed by atoms with Gasteiger partial charge in [-0.3, -0.25) is 24.5 Å². The molecule has 51 heavy (non-hydrogen) atoms. The topological polar surface area (TPSA) is 179 Å². The highest BCUT2D eigenvalue weighted by molar-refractivity contribution is 7.39. The number of ether oxygens (including phenoxy) is 4. The van der Waals surface area contributed by atoms with Crippen LogP contribution in [0.2, 0.25) is 0 Å². The van der Waals surface area contributed by atoms with Gasteiger partial charge in [-0.05, 0) is 41.0 Å². The fraction of sp³-hybridized carbons (Fsp3) is 0.314. The molecule has 0 unspecified atom stereocenters. The number of carbonyl (C=O) groups is 1. The van der Waals surface area contributed by atoms with E-state index in [2.05, 4.69) is 20.3 Å². The number of carbonyl (C=O) groups excluding carboxylic acids is 1. The van der Waals surface area contributed by atoms with Gasteiger partial charge in [0.2, 0.25) is 11.9 Å². The average molecular weight is 722 g/mol. The zero-order valence-corrected chi connectivity index (χ0v) is 29.0. The summed E-state index contributed by atoms with van der Waals surface area (Å²) in [5, 5.41) is 2.54. The summed E-state index contributed by atoms with van der Waals surface area (Å²) in [5.41, 5.74) is -0.0144. The van der Waals surface area contributed by atoms with Gasteiger partial charge in [-0.1, -0.05) is 68.4 Å². The zero-order chi connectivity index (χ0) is 36.3. The monoisotopic (exact) mass is 721 g/mol. The van der Waals surface area contributed by atoms with Gasteiger partial charge in [0.1, 0.15) is 29.3 Å². The molecule has 3 aromatic carbocycles. The third-order valence-electron chi connectivity index (χ3n) is 8.59. The minimum absolute atomic E-state index is 0.0551. The lowest BCUT2D eigenvalue weighted by atomic mass is 9.80. The molecule has 4 atom stereocenters. The van der Waals surface area contributed by atoms with E-state index in [-0.39, 0.29) is 23.7 Å². The van der Waals surface area contributed by atoms with Crippen molar-refractivity contribution in [2.24, 2.45) is 5.92 Å². The molecule has 268 valence electrons. The van der Waals surface area contributed by atoms with Gasteiger partial charge >= 0.3 is 8.60 Å². The van der Waals surface area contributed by atoms with Gasteiger partial charge in [-0.2, -0.15) is 4.98 Å². The number of benzene rings is 3. The molecule has 6 rings (SSSR count). The molecule has 1 aliphatic heterocycles. The Labute approximate surface area is 293 Å². The molecule has 16 heteroatoms. The molecule has 5 aromatic rings. The number of nitrogens with one attached hydrogen (secondary N) is 2. The molecule has 0 spiro atoms. The molecule has 0 radical (unpaired) electrons. The number of anilines is 1. The van der Waals surface area contributed by atoms with Crippen LogP contribution in [0, 0.1) is 5.92 Å². The van der Waals surface area contributed by atoms with Crippen LogP contribution < -0.4 is 20.3 Å². The van der Waals surface area contributed by atoms with E-state index in [1.54, 1.807) is 52.3 Å². The first-order valence-electron chi connectivity index (χ1n) is 16.0. The smallest absolute Gasteiger partial charge is 0.327 e. The summed E-state index contributed by atoms with van der Waals surface area (Å²) in [5.74, 6) is 0.283. The highest BCUT2D eigenvalue weighted by atomic mass is 31.2. The average Bonchev–Trinajstić information content (AvgIpc) is 3.69. The van der Waals surface area contributed by atoms with Crippen molar-refractivity contribution in [2.45, 2.75) is 44.1 Å². The largest absolute Gasteiger partial charge is 0.497 e. The first-order chi connectivity index (χ1) is 24.5. The van der Waals surface area contributed by atoms with Crippen molar-refractivity contribution >= 4 is 31.6 Å². The van der Waals surface area contributed by atoms with Gasteiger partial charge in [-0.15, -0.1) is 0 Å². The highest BCUT2D eigenvalue weighted by Gasteiger charge is 2.50. The molecule has 1 saturated heterocycles. The van der Waals surface area contributed by atoms with Gasteiger partial charge < -0.3 is 33.3 Å². The van der Waals surface area contributed by atoms with Crippen molar-refractivity contribution < 1.29 is 42.4 Å². The molecule has 2 aromatic heterocycles. The number of aromatic amines is 1. The molecule has 0 saturated carbocycles. The van der Waals surface area contributed by atoms with Gasteiger partial charge in [-0.25, -0.2) is 9.37 Å². The lowest BCUT2D eigenvalue weighted by molar-refractivity contribution is -0.118. The molecule has 0 aliphatic carbocycles. The Kier molecular flexibility index (Phi) is 10.8. The van der Waals surface area contributed by atoms with E-state index in [1.807, 2.05) is 54.6 Å². The van der Waals surface area contributed by atoms with Crippen LogP contribution >= 0.6 is 8.60 Å². The lowest BCUT2D eigenvalue weighted by Crippen LogP contribution is -2.38. The van der Waals surface area contributed by atoms with Crippen molar-refractivity contribution in [2.75, 3.05) is 26.1 Å². The summed E-state index contributed by atoms with van der Waals surface area (Å²) in [7, 11) is 0.0818. The van der Waals surface area contributed by atoms with E-state index in [0.717, 1.165) is 5.56 Å². The number of alkyl halides is 1. The Morgan fingerprint density at radius 2 is 1.59 bits per heavy atom. The summed E-state index contributed by atoms with van der Waals surface area (Å²) in [6, 6.07) is 24.0. The second-order valence-corrected chi connectivity index (χ2v) is 12.7. The fourth-order valence-electron chi connectivity index (χ4n) is 5.99. The number of rotatable bonds is 13. The maximum atomic E-state index is 16.5. The molecule has 3 heterocycles. The third-order valence-corrected chi connectivity index (χ3v) is 9.02. The summed E-state index contributed by atoms with van der Waals surface area (Å²) in [6.45, 7) is 2.99. The predicted octanol–water partition coefficient (Wildman–Crippen LogP) is 4.57. The van der Waals surface area contributed by atoms with Crippen molar-refractivity contribution in [3.05, 3.63) is 112 Å². The number of imidazole rings is 1. The molecular formula is C35H37FN5O9P. The number of halogens is 1. The molecule has 4 N–H and O–H groups in total. The van der Waals surface area contributed by atoms with E-state index in [4.69, 9.17) is 23.5 Å². The predicted molar refractivity (Wildman–Crippen MR) is 185 cm³/mol. The fourth-order valence-corrected chi connectivity index (χ4v) is 6.43. The minimum Gasteiger partial charge on any atom is -0.497 e. The van der Waals surface area contributed by atoms with Crippen molar-refractivity contribution in [3.8, 4) is 11.5 Å². The lowest BCUT2D eigenvalue weighted by Gasteiger charge is -2.37. The number of hydrogen-bond donors (Lipinski definition) is 4. The second-order valence-electron chi connectivity index (χ2n) is 12.0. The Hall–Kier alpha value is -4.76. The Balaban J connectivity index is 1.40. The van der Waals surface area contributed by atoms with Gasteiger partial charge in [0.25, 0.3) is 5.56 Å². The van der Waals surface area contributed by atoms with Crippen LogP contribution in [0.25, 0.3) is 11.2 Å². The van der Waals surface area contributed by atoms with Crippen molar-refractivity contribution in [1.29, 1.82) is 0 Å². The van der Waals surface area contributed by atoms with Crippen molar-refractivity contribution in [3.63, 3.8) is 0 Å². The maximum Gasteiger partial charge on any atom is 0.327 e. The van der Waals surface area contributed by atoms with E-state index in [1.165, 1.54) is 10.9 Å². The number of fused-ring (bicyclic) bond motifs is 1. The van der Waals surface area contributed by atoms with Crippen LogP contribution in [0.15, 0.2) is 90.0 Å². The molecule has 1 amide bonds. The number of amides is 1. The Morgan fingerprint density at radius 3 is 2.14 bits per heavy atom. The molecule has 0 bridgehead atoms. The van der Waals surface area contributed by atoms with E-state index < -0.39 is 56.2 Å². The number of aromatic nitrogens is 4. The van der Waals surface area contributed by atoms with Crippen LogP contribution in [0.5, 0.6) is 11.5 Å². The number of hydrogen-bond acceptors (Lipinski definition) is 11. The van der Waals surface area contributed by atoms with E-state index in [9.17, 15) is 19.4 Å². The third kappa shape index (κ3) is 7.22. The maximum absolute atomic E-state index is 16.5. The summed E-state index contributed by atoms with van der Waals surface area (Å²) in [6.07, 6.45) is -5.04.